The molecule has 2 aromatic rings. The Morgan fingerprint density at radius 3 is 2.37 bits per heavy atom. The minimum absolute atomic E-state index is 0.129. The van der Waals surface area contributed by atoms with Gasteiger partial charge in [0.15, 0.2) is 11.6 Å². The van der Waals surface area contributed by atoms with Gasteiger partial charge in [-0.15, -0.1) is 0 Å². The number of nitrogens with zero attached hydrogens (tertiary/aromatic N) is 2. The van der Waals surface area contributed by atoms with Crippen LogP contribution < -0.4 is 4.74 Å². The molecule has 156 valence electrons. The van der Waals surface area contributed by atoms with Crippen molar-refractivity contribution in [3.8, 4) is 5.75 Å². The fourth-order valence-electron chi connectivity index (χ4n) is 2.77. The molecule has 30 heavy (non-hydrogen) atoms. The summed E-state index contributed by atoms with van der Waals surface area (Å²) < 4.78 is 41.4. The Kier molecular flexibility index (Phi) is 5.58. The van der Waals surface area contributed by atoms with Gasteiger partial charge in [-0.1, -0.05) is 6.07 Å². The summed E-state index contributed by atoms with van der Waals surface area (Å²) in [5, 5.41) is 10.7. The Morgan fingerprint density at radius 1 is 1.13 bits per heavy atom. The molecule has 3 rings (SSSR count). The fourth-order valence-corrected chi connectivity index (χ4v) is 2.77. The van der Waals surface area contributed by atoms with E-state index in [1.807, 2.05) is 0 Å². The zero-order chi connectivity index (χ0) is 22.0. The van der Waals surface area contributed by atoms with Crippen molar-refractivity contribution in [3.63, 3.8) is 0 Å². The largest absolute Gasteiger partial charge is 0.466 e. The van der Waals surface area contributed by atoms with E-state index in [1.54, 1.807) is 0 Å². The molecule has 10 nitrogen and oxygen atoms in total. The lowest BCUT2D eigenvalue weighted by Crippen LogP contribution is -2.39. The first kappa shape index (κ1) is 20.6. The number of non-ortho nitro benzene ring substituents is 1. The van der Waals surface area contributed by atoms with Crippen LogP contribution in [0.15, 0.2) is 42.5 Å². The van der Waals surface area contributed by atoms with Crippen molar-refractivity contribution in [2.45, 2.75) is 12.1 Å². The number of esters is 1. The van der Waals surface area contributed by atoms with E-state index < -0.39 is 46.9 Å². The number of hydrogen-bond donors (Lipinski definition) is 0. The number of nitro groups is 1. The number of hydrogen-bond acceptors (Lipinski definition) is 8. The second-order valence-corrected chi connectivity index (χ2v) is 5.93. The van der Waals surface area contributed by atoms with E-state index in [9.17, 15) is 33.3 Å². The van der Waals surface area contributed by atoms with E-state index in [1.165, 1.54) is 0 Å². The van der Waals surface area contributed by atoms with Crippen LogP contribution in [0.25, 0.3) is 0 Å². The van der Waals surface area contributed by atoms with Gasteiger partial charge in [0.1, 0.15) is 11.8 Å². The van der Waals surface area contributed by atoms with Crippen molar-refractivity contribution >= 4 is 23.8 Å². The normalized spacial score (nSPS) is 18.0. The number of carbonyl (C=O) groups is 3. The van der Waals surface area contributed by atoms with Gasteiger partial charge in [0.25, 0.3) is 5.69 Å². The molecule has 2 amide bonds. The zero-order valence-electron chi connectivity index (χ0n) is 15.1. The lowest BCUT2D eigenvalue weighted by atomic mass is 10.0. The number of imide groups is 1. The molecule has 2 aromatic carbocycles. The number of carbonyl (C=O) groups excluding carboxylic acids is 3. The predicted molar refractivity (Wildman–Crippen MR) is 92.3 cm³/mol. The predicted octanol–water partition coefficient (Wildman–Crippen LogP) is 3.11. The smallest absolute Gasteiger partial charge is 0.425 e. The standard InChI is InChI=1S/C18H12F2N2O8/c1-28-16(23)15-14(9-2-7-12(19)13(20)8-9)21(18(25)30-15)17(24)29-11-5-3-10(4-6-11)22(26)27/h2-8,14-15H,1H3. The summed E-state index contributed by atoms with van der Waals surface area (Å²) in [6.07, 6.45) is -4.25. The third kappa shape index (κ3) is 3.87. The van der Waals surface area contributed by atoms with Gasteiger partial charge in [-0.3, -0.25) is 10.1 Å². The van der Waals surface area contributed by atoms with Gasteiger partial charge in [-0.2, -0.15) is 4.90 Å². The van der Waals surface area contributed by atoms with Crippen molar-refractivity contribution < 1.29 is 42.3 Å². The van der Waals surface area contributed by atoms with E-state index in [2.05, 4.69) is 4.74 Å². The summed E-state index contributed by atoms with van der Waals surface area (Å²) in [6.45, 7) is 0. The lowest BCUT2D eigenvalue weighted by molar-refractivity contribution is -0.384. The van der Waals surface area contributed by atoms with Gasteiger partial charge in [-0.25, -0.2) is 23.2 Å². The van der Waals surface area contributed by atoms with Crippen molar-refractivity contribution in [3.05, 3.63) is 69.8 Å². The van der Waals surface area contributed by atoms with Crippen LogP contribution in [0.3, 0.4) is 0 Å². The van der Waals surface area contributed by atoms with E-state index in [-0.39, 0.29) is 17.0 Å². The third-order valence-electron chi connectivity index (χ3n) is 4.16. The number of nitro benzene ring substituents is 1. The van der Waals surface area contributed by atoms with E-state index >= 15 is 0 Å². The molecule has 0 saturated carbocycles. The topological polar surface area (TPSA) is 125 Å². The Labute approximate surface area is 166 Å². The maximum atomic E-state index is 13.7. The molecule has 0 aliphatic carbocycles. The minimum atomic E-state index is -1.66. The zero-order valence-corrected chi connectivity index (χ0v) is 15.1. The van der Waals surface area contributed by atoms with Crippen LogP contribution in [0.1, 0.15) is 11.6 Å². The highest BCUT2D eigenvalue weighted by Gasteiger charge is 2.51. The molecule has 12 heteroatoms. The molecular weight excluding hydrogens is 410 g/mol. The molecule has 1 saturated heterocycles. The number of ether oxygens (including phenoxy) is 3. The quantitative estimate of drug-likeness (QED) is 0.418. The number of benzene rings is 2. The van der Waals surface area contributed by atoms with Gasteiger partial charge < -0.3 is 14.2 Å². The second kappa shape index (κ2) is 8.11. The van der Waals surface area contributed by atoms with Crippen LogP contribution in [0, 0.1) is 21.7 Å². The molecule has 1 heterocycles. The minimum Gasteiger partial charge on any atom is -0.466 e. The van der Waals surface area contributed by atoms with E-state index in [0.29, 0.717) is 11.0 Å². The second-order valence-electron chi connectivity index (χ2n) is 5.93. The molecule has 2 atom stereocenters. The lowest BCUT2D eigenvalue weighted by Gasteiger charge is -2.22. The monoisotopic (exact) mass is 422 g/mol. The van der Waals surface area contributed by atoms with Crippen LogP contribution in [0.4, 0.5) is 24.1 Å². The molecular formula is C18H12F2N2O8. The average Bonchev–Trinajstić information content (AvgIpc) is 3.07. The van der Waals surface area contributed by atoms with Crippen molar-refractivity contribution in [2.24, 2.45) is 0 Å². The maximum absolute atomic E-state index is 13.7. The summed E-state index contributed by atoms with van der Waals surface area (Å²) in [5.74, 6) is -3.65. The number of amides is 2. The number of rotatable bonds is 4. The Morgan fingerprint density at radius 2 is 1.80 bits per heavy atom. The summed E-state index contributed by atoms with van der Waals surface area (Å²) in [5.41, 5.74) is -0.392. The SMILES string of the molecule is COC(=O)C1OC(=O)N(C(=O)Oc2ccc([N+](=O)[O-])cc2)C1c1ccc(F)c(F)c1. The number of methoxy groups -OCH3 is 1. The fraction of sp³-hybridized carbons (Fsp3) is 0.167. The first-order chi connectivity index (χ1) is 14.2. The summed E-state index contributed by atoms with van der Waals surface area (Å²) >= 11 is 0. The van der Waals surface area contributed by atoms with Gasteiger partial charge >= 0.3 is 18.2 Å². The van der Waals surface area contributed by atoms with Gasteiger partial charge in [-0.05, 0) is 29.8 Å². The Balaban J connectivity index is 1.93. The maximum Gasteiger partial charge on any atom is 0.425 e. The van der Waals surface area contributed by atoms with Gasteiger partial charge in [0.2, 0.25) is 6.10 Å². The first-order valence-electron chi connectivity index (χ1n) is 8.22. The van der Waals surface area contributed by atoms with Crippen molar-refractivity contribution in [1.82, 2.24) is 4.90 Å². The molecule has 0 bridgehead atoms. The van der Waals surface area contributed by atoms with Gasteiger partial charge in [0, 0.05) is 12.1 Å². The van der Waals surface area contributed by atoms with Gasteiger partial charge in [0.05, 0.1) is 12.0 Å². The summed E-state index contributed by atoms with van der Waals surface area (Å²) in [7, 11) is 1.01. The average molecular weight is 422 g/mol. The third-order valence-corrected chi connectivity index (χ3v) is 4.16. The Hall–Kier alpha value is -4.09. The summed E-state index contributed by atoms with van der Waals surface area (Å²) in [4.78, 5) is 47.3. The van der Waals surface area contributed by atoms with Crippen molar-refractivity contribution in [2.75, 3.05) is 7.11 Å². The van der Waals surface area contributed by atoms with E-state index in [0.717, 1.165) is 43.5 Å². The number of cyclic esters (lactones) is 1. The molecule has 1 fully saturated rings. The van der Waals surface area contributed by atoms with Crippen LogP contribution >= 0.6 is 0 Å². The molecule has 1 aliphatic heterocycles. The molecule has 0 aromatic heterocycles. The summed E-state index contributed by atoms with van der Waals surface area (Å²) in [6, 6.07) is 5.36. The highest BCUT2D eigenvalue weighted by atomic mass is 19.2. The van der Waals surface area contributed by atoms with Crippen LogP contribution in [0.5, 0.6) is 5.75 Å². The van der Waals surface area contributed by atoms with Crippen LogP contribution in [-0.4, -0.2) is 41.2 Å². The van der Waals surface area contributed by atoms with E-state index in [4.69, 9.17) is 9.47 Å². The Bertz CT molecular complexity index is 1030. The highest BCUT2D eigenvalue weighted by molar-refractivity contribution is 5.94. The van der Waals surface area contributed by atoms with Crippen LogP contribution in [-0.2, 0) is 14.3 Å². The molecule has 0 N–H and O–H groups in total. The number of halogens is 2. The highest BCUT2D eigenvalue weighted by Crippen LogP contribution is 2.35. The van der Waals surface area contributed by atoms with Crippen LogP contribution in [0.2, 0.25) is 0 Å². The molecule has 2 unspecified atom stereocenters. The molecule has 0 spiro atoms. The molecule has 0 radical (unpaired) electrons. The first-order valence-corrected chi connectivity index (χ1v) is 8.22. The molecule has 1 aliphatic rings. The van der Waals surface area contributed by atoms with Crippen molar-refractivity contribution in [1.29, 1.82) is 0 Å².